The number of nitrogens with one attached hydrogen (secondary N) is 1. The van der Waals surface area contributed by atoms with E-state index in [0.717, 1.165) is 17.7 Å². The van der Waals surface area contributed by atoms with Crippen molar-refractivity contribution in [2.75, 3.05) is 6.54 Å². The van der Waals surface area contributed by atoms with Crippen LogP contribution in [-0.2, 0) is 6.54 Å². The Balaban J connectivity index is 1.91. The SMILES string of the molecule is C=C(CNC1CC1)Cn1ncc(C)cc1=O. The maximum atomic E-state index is 11.6. The molecule has 0 atom stereocenters. The minimum atomic E-state index is -0.0624. The second-order valence-electron chi connectivity index (χ2n) is 4.43. The lowest BCUT2D eigenvalue weighted by atomic mass is 10.3. The lowest BCUT2D eigenvalue weighted by Gasteiger charge is -2.08. The monoisotopic (exact) mass is 219 g/mol. The van der Waals surface area contributed by atoms with Gasteiger partial charge in [-0.05, 0) is 30.9 Å². The molecule has 0 amide bonds. The maximum Gasteiger partial charge on any atom is 0.267 e. The summed E-state index contributed by atoms with van der Waals surface area (Å²) in [5, 5.41) is 7.44. The molecular formula is C12H17N3O. The van der Waals surface area contributed by atoms with Gasteiger partial charge >= 0.3 is 0 Å². The number of aryl methyl sites for hydroxylation is 1. The minimum Gasteiger partial charge on any atom is -0.310 e. The number of nitrogens with zero attached hydrogens (tertiary/aromatic N) is 2. The van der Waals surface area contributed by atoms with E-state index < -0.39 is 0 Å². The van der Waals surface area contributed by atoms with Crippen LogP contribution >= 0.6 is 0 Å². The van der Waals surface area contributed by atoms with Crippen LogP contribution in [0.15, 0.2) is 29.2 Å². The lowest BCUT2D eigenvalue weighted by Crippen LogP contribution is -2.27. The zero-order valence-corrected chi connectivity index (χ0v) is 9.57. The Hall–Kier alpha value is -1.42. The van der Waals surface area contributed by atoms with Gasteiger partial charge in [-0.2, -0.15) is 5.10 Å². The van der Waals surface area contributed by atoms with Gasteiger partial charge in [0.1, 0.15) is 0 Å². The van der Waals surface area contributed by atoms with Crippen LogP contribution in [0.4, 0.5) is 0 Å². The van der Waals surface area contributed by atoms with Crippen LogP contribution in [0.3, 0.4) is 0 Å². The molecule has 1 saturated carbocycles. The summed E-state index contributed by atoms with van der Waals surface area (Å²) in [5.74, 6) is 0. The Morgan fingerprint density at radius 3 is 3.06 bits per heavy atom. The molecule has 0 aromatic carbocycles. The highest BCUT2D eigenvalue weighted by atomic mass is 16.1. The predicted molar refractivity (Wildman–Crippen MR) is 63.4 cm³/mol. The van der Waals surface area contributed by atoms with E-state index in [1.807, 2.05) is 6.92 Å². The summed E-state index contributed by atoms with van der Waals surface area (Å²) in [4.78, 5) is 11.6. The fourth-order valence-corrected chi connectivity index (χ4v) is 1.49. The molecule has 1 aliphatic rings. The van der Waals surface area contributed by atoms with Crippen LogP contribution in [0.25, 0.3) is 0 Å². The normalized spacial score (nSPS) is 15.1. The number of hydrogen-bond acceptors (Lipinski definition) is 3. The van der Waals surface area contributed by atoms with E-state index in [-0.39, 0.29) is 5.56 Å². The summed E-state index contributed by atoms with van der Waals surface area (Å²) < 4.78 is 1.45. The second kappa shape index (κ2) is 4.61. The summed E-state index contributed by atoms with van der Waals surface area (Å²) in [5.41, 5.74) is 1.82. The van der Waals surface area contributed by atoms with E-state index >= 15 is 0 Å². The fraction of sp³-hybridized carbons (Fsp3) is 0.500. The highest BCUT2D eigenvalue weighted by Gasteiger charge is 2.20. The van der Waals surface area contributed by atoms with Crippen molar-refractivity contribution in [2.45, 2.75) is 32.4 Å². The smallest absolute Gasteiger partial charge is 0.267 e. The highest BCUT2D eigenvalue weighted by Crippen LogP contribution is 2.18. The Morgan fingerprint density at radius 1 is 1.69 bits per heavy atom. The van der Waals surface area contributed by atoms with Crippen LogP contribution in [0.1, 0.15) is 18.4 Å². The van der Waals surface area contributed by atoms with Gasteiger partial charge < -0.3 is 5.32 Å². The van der Waals surface area contributed by atoms with Crippen LogP contribution in [-0.4, -0.2) is 22.4 Å². The quantitative estimate of drug-likeness (QED) is 0.747. The third-order valence-electron chi connectivity index (χ3n) is 2.60. The first-order valence-corrected chi connectivity index (χ1v) is 5.59. The largest absolute Gasteiger partial charge is 0.310 e. The molecule has 0 aliphatic heterocycles. The minimum absolute atomic E-state index is 0.0624. The van der Waals surface area contributed by atoms with Crippen LogP contribution in [0.2, 0.25) is 0 Å². The van der Waals surface area contributed by atoms with Gasteiger partial charge in [-0.25, -0.2) is 4.68 Å². The van der Waals surface area contributed by atoms with Crippen LogP contribution < -0.4 is 10.9 Å². The summed E-state index contributed by atoms with van der Waals surface area (Å²) in [6.07, 6.45) is 4.22. The van der Waals surface area contributed by atoms with E-state index in [4.69, 9.17) is 0 Å². The summed E-state index contributed by atoms with van der Waals surface area (Å²) in [6.45, 7) is 7.08. The molecule has 4 heteroatoms. The molecule has 0 unspecified atom stereocenters. The van der Waals surface area contributed by atoms with Gasteiger partial charge in [0.25, 0.3) is 5.56 Å². The zero-order valence-electron chi connectivity index (χ0n) is 9.57. The standard InChI is InChI=1S/C12H17N3O/c1-9-5-12(16)15(14-7-9)8-10(2)6-13-11-3-4-11/h5,7,11,13H,2-4,6,8H2,1H3. The maximum absolute atomic E-state index is 11.6. The van der Waals surface area contributed by atoms with Gasteiger partial charge in [0.15, 0.2) is 0 Å². The Morgan fingerprint density at radius 2 is 2.44 bits per heavy atom. The predicted octanol–water partition coefficient (Wildman–Crippen LogP) is 0.860. The third kappa shape index (κ3) is 3.03. The highest BCUT2D eigenvalue weighted by molar-refractivity contribution is 5.05. The van der Waals surface area contributed by atoms with E-state index in [1.54, 1.807) is 12.3 Å². The first-order valence-electron chi connectivity index (χ1n) is 5.59. The van der Waals surface area contributed by atoms with Crippen molar-refractivity contribution in [3.63, 3.8) is 0 Å². The van der Waals surface area contributed by atoms with E-state index in [2.05, 4.69) is 17.0 Å². The molecule has 1 aliphatic carbocycles. The first kappa shape index (κ1) is 11.1. The molecule has 2 rings (SSSR count). The Labute approximate surface area is 95.0 Å². The van der Waals surface area contributed by atoms with Gasteiger partial charge in [-0.15, -0.1) is 0 Å². The fourth-order valence-electron chi connectivity index (χ4n) is 1.49. The third-order valence-corrected chi connectivity index (χ3v) is 2.60. The molecule has 0 spiro atoms. The van der Waals surface area contributed by atoms with Crippen molar-refractivity contribution in [3.8, 4) is 0 Å². The van der Waals surface area contributed by atoms with E-state index in [9.17, 15) is 4.79 Å². The van der Waals surface area contributed by atoms with Crippen LogP contribution in [0.5, 0.6) is 0 Å². The number of hydrogen-bond donors (Lipinski definition) is 1. The summed E-state index contributed by atoms with van der Waals surface area (Å²) in [7, 11) is 0. The van der Waals surface area contributed by atoms with E-state index in [1.165, 1.54) is 17.5 Å². The molecule has 0 bridgehead atoms. The Kier molecular flexibility index (Phi) is 3.19. The van der Waals surface area contributed by atoms with Gasteiger partial charge in [0, 0.05) is 18.7 Å². The molecule has 1 fully saturated rings. The van der Waals surface area contributed by atoms with Crippen LogP contribution in [0, 0.1) is 6.92 Å². The molecule has 0 radical (unpaired) electrons. The van der Waals surface area contributed by atoms with Gasteiger partial charge in [0.05, 0.1) is 12.7 Å². The zero-order chi connectivity index (χ0) is 11.5. The van der Waals surface area contributed by atoms with Crippen molar-refractivity contribution < 1.29 is 0 Å². The lowest BCUT2D eigenvalue weighted by molar-refractivity contribution is 0.602. The molecular weight excluding hydrogens is 202 g/mol. The first-order chi connectivity index (χ1) is 7.65. The molecule has 16 heavy (non-hydrogen) atoms. The summed E-state index contributed by atoms with van der Waals surface area (Å²) in [6, 6.07) is 2.26. The average molecular weight is 219 g/mol. The van der Waals surface area contributed by atoms with Gasteiger partial charge in [-0.3, -0.25) is 4.79 Å². The molecule has 4 nitrogen and oxygen atoms in total. The van der Waals surface area contributed by atoms with Crippen molar-refractivity contribution >= 4 is 0 Å². The molecule has 86 valence electrons. The van der Waals surface area contributed by atoms with Crippen molar-refractivity contribution in [1.29, 1.82) is 0 Å². The molecule has 1 aromatic rings. The number of aromatic nitrogens is 2. The van der Waals surface area contributed by atoms with Crippen molar-refractivity contribution in [3.05, 3.63) is 40.3 Å². The molecule has 0 saturated heterocycles. The topological polar surface area (TPSA) is 46.9 Å². The van der Waals surface area contributed by atoms with Crippen molar-refractivity contribution in [1.82, 2.24) is 15.1 Å². The molecule has 1 heterocycles. The molecule has 1 aromatic heterocycles. The average Bonchev–Trinajstić information content (AvgIpc) is 3.03. The summed E-state index contributed by atoms with van der Waals surface area (Å²) >= 11 is 0. The molecule has 1 N–H and O–H groups in total. The second-order valence-corrected chi connectivity index (χ2v) is 4.43. The Bertz CT molecular complexity index is 446. The number of rotatable bonds is 5. The van der Waals surface area contributed by atoms with Crippen molar-refractivity contribution in [2.24, 2.45) is 0 Å². The van der Waals surface area contributed by atoms with Gasteiger partial charge in [0.2, 0.25) is 0 Å². The van der Waals surface area contributed by atoms with Gasteiger partial charge in [-0.1, -0.05) is 6.58 Å². The van der Waals surface area contributed by atoms with E-state index in [0.29, 0.717) is 12.6 Å².